The molecule has 82 valence electrons. The number of hydrogen-bond donors (Lipinski definition) is 1. The van der Waals surface area contributed by atoms with Crippen molar-refractivity contribution >= 4 is 17.3 Å². The summed E-state index contributed by atoms with van der Waals surface area (Å²) in [5.41, 5.74) is 2.48. The van der Waals surface area contributed by atoms with Gasteiger partial charge in [0, 0.05) is 0 Å². The minimum atomic E-state index is -0.437. The highest BCUT2D eigenvalue weighted by Gasteiger charge is 2.40. The minimum absolute atomic E-state index is 0.437. The Morgan fingerprint density at radius 2 is 2.31 bits per heavy atom. The molecular formula is C12H12N2O2. The van der Waals surface area contributed by atoms with E-state index in [1.165, 1.54) is 0 Å². The van der Waals surface area contributed by atoms with Crippen LogP contribution in [0.1, 0.15) is 11.4 Å². The van der Waals surface area contributed by atoms with Crippen molar-refractivity contribution in [1.82, 2.24) is 9.97 Å². The standard InChI is InChI=1S/C12H12N2O2/c1-8-13-10-3-2-9(4-11(10)14-8)12(5-15)6-16-7-12/h2-5H,6-7H2,1H3,(H,13,14). The second-order valence-electron chi connectivity index (χ2n) is 4.32. The van der Waals surface area contributed by atoms with Crippen molar-refractivity contribution in [3.8, 4) is 0 Å². The molecule has 0 unspecified atom stereocenters. The molecule has 1 aliphatic heterocycles. The van der Waals surface area contributed by atoms with Crippen LogP contribution < -0.4 is 0 Å². The van der Waals surface area contributed by atoms with Gasteiger partial charge in [-0.05, 0) is 24.6 Å². The van der Waals surface area contributed by atoms with Gasteiger partial charge in [0.15, 0.2) is 0 Å². The SMILES string of the molecule is Cc1nc2ccc(C3(C=O)COC3)cc2[nH]1. The maximum absolute atomic E-state index is 11.1. The van der Waals surface area contributed by atoms with Gasteiger partial charge in [0.1, 0.15) is 12.1 Å². The number of hydrogen-bond acceptors (Lipinski definition) is 3. The monoisotopic (exact) mass is 216 g/mol. The van der Waals surface area contributed by atoms with E-state index in [9.17, 15) is 4.79 Å². The molecular weight excluding hydrogens is 204 g/mol. The summed E-state index contributed by atoms with van der Waals surface area (Å²) in [7, 11) is 0. The van der Waals surface area contributed by atoms with Crippen molar-refractivity contribution in [2.45, 2.75) is 12.3 Å². The maximum atomic E-state index is 11.1. The van der Waals surface area contributed by atoms with E-state index in [1.54, 1.807) is 0 Å². The lowest BCUT2D eigenvalue weighted by molar-refractivity contribution is -0.129. The Kier molecular flexibility index (Phi) is 1.88. The van der Waals surface area contributed by atoms with E-state index in [1.807, 2.05) is 25.1 Å². The van der Waals surface area contributed by atoms with E-state index in [0.717, 1.165) is 28.7 Å². The van der Waals surface area contributed by atoms with Crippen molar-refractivity contribution in [3.63, 3.8) is 0 Å². The van der Waals surface area contributed by atoms with Crippen LogP contribution in [-0.4, -0.2) is 29.5 Å². The molecule has 1 saturated heterocycles. The van der Waals surface area contributed by atoms with Gasteiger partial charge >= 0.3 is 0 Å². The zero-order chi connectivity index (χ0) is 11.2. The van der Waals surface area contributed by atoms with Gasteiger partial charge in [0.25, 0.3) is 0 Å². The molecule has 3 rings (SSSR count). The number of fused-ring (bicyclic) bond motifs is 1. The number of aromatic amines is 1. The van der Waals surface area contributed by atoms with Crippen molar-refractivity contribution in [2.75, 3.05) is 13.2 Å². The maximum Gasteiger partial charge on any atom is 0.135 e. The van der Waals surface area contributed by atoms with Crippen molar-refractivity contribution in [1.29, 1.82) is 0 Å². The van der Waals surface area contributed by atoms with E-state index in [4.69, 9.17) is 4.74 Å². The molecule has 0 amide bonds. The van der Waals surface area contributed by atoms with E-state index in [2.05, 4.69) is 9.97 Å². The number of carbonyl (C=O) groups is 1. The van der Waals surface area contributed by atoms with Crippen molar-refractivity contribution in [3.05, 3.63) is 29.6 Å². The molecule has 0 saturated carbocycles. The smallest absolute Gasteiger partial charge is 0.135 e. The molecule has 1 N–H and O–H groups in total. The predicted molar refractivity (Wildman–Crippen MR) is 59.4 cm³/mol. The second-order valence-corrected chi connectivity index (χ2v) is 4.32. The Morgan fingerprint density at radius 1 is 1.50 bits per heavy atom. The number of imidazole rings is 1. The fraction of sp³-hybridized carbons (Fsp3) is 0.333. The van der Waals surface area contributed by atoms with Gasteiger partial charge in [0.05, 0.1) is 29.7 Å². The number of rotatable bonds is 2. The molecule has 2 heterocycles. The molecule has 0 spiro atoms. The van der Waals surface area contributed by atoms with E-state index >= 15 is 0 Å². The quantitative estimate of drug-likeness (QED) is 0.771. The zero-order valence-electron chi connectivity index (χ0n) is 8.99. The highest BCUT2D eigenvalue weighted by Crippen LogP contribution is 2.31. The summed E-state index contributed by atoms with van der Waals surface area (Å²) in [6, 6.07) is 5.89. The number of H-pyrrole nitrogens is 1. The number of aldehydes is 1. The minimum Gasteiger partial charge on any atom is -0.379 e. The van der Waals surface area contributed by atoms with Crippen LogP contribution >= 0.6 is 0 Å². The Bertz CT molecular complexity index is 555. The number of aromatic nitrogens is 2. The molecule has 1 aromatic heterocycles. The van der Waals surface area contributed by atoms with Gasteiger partial charge < -0.3 is 14.5 Å². The third kappa shape index (κ3) is 1.20. The summed E-state index contributed by atoms with van der Waals surface area (Å²) in [6.45, 7) is 2.88. The number of nitrogens with one attached hydrogen (secondary N) is 1. The van der Waals surface area contributed by atoms with Crippen LogP contribution in [-0.2, 0) is 14.9 Å². The van der Waals surface area contributed by atoms with Gasteiger partial charge in [0.2, 0.25) is 0 Å². The van der Waals surface area contributed by atoms with Crippen LogP contribution in [0.4, 0.5) is 0 Å². The number of benzene rings is 1. The Morgan fingerprint density at radius 3 is 2.94 bits per heavy atom. The van der Waals surface area contributed by atoms with E-state index < -0.39 is 5.41 Å². The second kappa shape index (κ2) is 3.15. The highest BCUT2D eigenvalue weighted by atomic mass is 16.5. The van der Waals surface area contributed by atoms with Crippen LogP contribution in [0.15, 0.2) is 18.2 Å². The largest absolute Gasteiger partial charge is 0.379 e. The van der Waals surface area contributed by atoms with Crippen LogP contribution in [0.3, 0.4) is 0 Å². The van der Waals surface area contributed by atoms with Gasteiger partial charge in [-0.3, -0.25) is 0 Å². The molecule has 0 aliphatic carbocycles. The molecule has 2 aromatic rings. The first-order valence-electron chi connectivity index (χ1n) is 5.24. The normalized spacial score (nSPS) is 18.3. The summed E-state index contributed by atoms with van der Waals surface area (Å²) in [4.78, 5) is 18.7. The first-order valence-corrected chi connectivity index (χ1v) is 5.24. The summed E-state index contributed by atoms with van der Waals surface area (Å²) in [5.74, 6) is 0.886. The molecule has 4 heteroatoms. The molecule has 0 bridgehead atoms. The fourth-order valence-electron chi connectivity index (χ4n) is 2.07. The summed E-state index contributed by atoms with van der Waals surface area (Å²) in [6.07, 6.45) is 0.987. The first kappa shape index (κ1) is 9.54. The lowest BCUT2D eigenvalue weighted by Gasteiger charge is -2.36. The molecule has 0 atom stereocenters. The fourth-order valence-corrected chi connectivity index (χ4v) is 2.07. The molecule has 1 fully saturated rings. The average Bonchev–Trinajstić information content (AvgIpc) is 2.56. The molecule has 1 aliphatic rings. The number of carbonyl (C=O) groups excluding carboxylic acids is 1. The molecule has 0 radical (unpaired) electrons. The van der Waals surface area contributed by atoms with E-state index in [0.29, 0.717) is 13.2 Å². The third-order valence-electron chi connectivity index (χ3n) is 3.12. The lowest BCUT2D eigenvalue weighted by Crippen LogP contribution is -2.48. The first-order chi connectivity index (χ1) is 7.73. The van der Waals surface area contributed by atoms with Gasteiger partial charge in [-0.2, -0.15) is 0 Å². The Balaban J connectivity index is 2.13. The summed E-state index contributed by atoms with van der Waals surface area (Å²) < 4.78 is 5.14. The Hall–Kier alpha value is -1.68. The molecule has 16 heavy (non-hydrogen) atoms. The van der Waals surface area contributed by atoms with Gasteiger partial charge in [-0.1, -0.05) is 6.07 Å². The van der Waals surface area contributed by atoms with Crippen LogP contribution in [0, 0.1) is 6.92 Å². The van der Waals surface area contributed by atoms with Gasteiger partial charge in [-0.15, -0.1) is 0 Å². The van der Waals surface area contributed by atoms with Crippen molar-refractivity contribution in [2.24, 2.45) is 0 Å². The van der Waals surface area contributed by atoms with Crippen LogP contribution in [0.2, 0.25) is 0 Å². The number of aryl methyl sites for hydroxylation is 1. The Labute approximate surface area is 92.6 Å². The highest BCUT2D eigenvalue weighted by molar-refractivity contribution is 5.79. The summed E-state index contributed by atoms with van der Waals surface area (Å²) >= 11 is 0. The molecule has 4 nitrogen and oxygen atoms in total. The number of nitrogens with zero attached hydrogens (tertiary/aromatic N) is 1. The van der Waals surface area contributed by atoms with E-state index in [-0.39, 0.29) is 0 Å². The van der Waals surface area contributed by atoms with Gasteiger partial charge in [-0.25, -0.2) is 4.98 Å². The third-order valence-corrected chi connectivity index (χ3v) is 3.12. The summed E-state index contributed by atoms with van der Waals surface area (Å²) in [5, 5.41) is 0. The average molecular weight is 216 g/mol. The van der Waals surface area contributed by atoms with Crippen molar-refractivity contribution < 1.29 is 9.53 Å². The van der Waals surface area contributed by atoms with Crippen LogP contribution in [0.5, 0.6) is 0 Å². The zero-order valence-corrected chi connectivity index (χ0v) is 8.99. The number of ether oxygens (including phenoxy) is 1. The molecule has 1 aromatic carbocycles. The van der Waals surface area contributed by atoms with Crippen LogP contribution in [0.25, 0.3) is 11.0 Å². The topological polar surface area (TPSA) is 55.0 Å². The lowest BCUT2D eigenvalue weighted by atomic mass is 9.80. The predicted octanol–water partition coefficient (Wildman–Crippen LogP) is 1.34.